The van der Waals surface area contributed by atoms with Crippen molar-refractivity contribution in [3.8, 4) is 0 Å². The van der Waals surface area contributed by atoms with Crippen molar-refractivity contribution in [2.75, 3.05) is 26.2 Å². The van der Waals surface area contributed by atoms with Crippen LogP contribution in [0.15, 0.2) is 0 Å². The number of likely N-dealkylation sites (tertiary alicyclic amines) is 2. The number of amides is 2. The number of rotatable bonds is 3. The third-order valence-electron chi connectivity index (χ3n) is 4.38. The monoisotopic (exact) mass is 267 g/mol. The number of nitrogens with two attached hydrogens (primary N) is 1. The lowest BCUT2D eigenvalue weighted by molar-refractivity contribution is -0.142. The van der Waals surface area contributed by atoms with E-state index in [1.165, 1.54) is 0 Å². The first-order valence-corrected chi connectivity index (χ1v) is 7.39. The van der Waals surface area contributed by atoms with E-state index in [4.69, 9.17) is 5.73 Å². The number of piperidine rings is 2. The van der Waals surface area contributed by atoms with Crippen LogP contribution in [0.1, 0.15) is 39.0 Å². The number of carbonyl (C=O) groups excluding carboxylic acids is 2. The van der Waals surface area contributed by atoms with Gasteiger partial charge in [-0.05, 0) is 38.5 Å². The van der Waals surface area contributed by atoms with Gasteiger partial charge in [-0.1, -0.05) is 0 Å². The van der Waals surface area contributed by atoms with Crippen molar-refractivity contribution >= 4 is 11.8 Å². The molecule has 2 rings (SSSR count). The summed E-state index contributed by atoms with van der Waals surface area (Å²) in [5, 5.41) is 0. The van der Waals surface area contributed by atoms with E-state index in [1.807, 2.05) is 11.8 Å². The van der Waals surface area contributed by atoms with Crippen molar-refractivity contribution in [2.45, 2.75) is 45.1 Å². The Morgan fingerprint density at radius 3 is 2.58 bits per heavy atom. The molecule has 0 aromatic carbocycles. The first-order chi connectivity index (χ1) is 9.08. The molecule has 0 aromatic rings. The normalized spacial score (nSPS) is 23.6. The lowest BCUT2D eigenvalue weighted by atomic mass is 9.91. The standard InChI is InChI=1S/C14H25N3O2/c1-11(15)12-5-8-16(9-6-12)14(19)10-17-7-3-2-4-13(17)18/h11-12H,2-10,15H2,1H3. The fourth-order valence-corrected chi connectivity index (χ4v) is 2.97. The van der Waals surface area contributed by atoms with Crippen LogP contribution >= 0.6 is 0 Å². The SMILES string of the molecule is CC(N)C1CCN(C(=O)CN2CCCCC2=O)CC1. The van der Waals surface area contributed by atoms with Crippen LogP contribution < -0.4 is 5.73 Å². The fraction of sp³-hybridized carbons (Fsp3) is 0.857. The average molecular weight is 267 g/mol. The molecule has 1 unspecified atom stereocenters. The molecule has 19 heavy (non-hydrogen) atoms. The Hall–Kier alpha value is -1.10. The molecule has 0 saturated carbocycles. The predicted octanol–water partition coefficient (Wildman–Crippen LogP) is 0.585. The van der Waals surface area contributed by atoms with Crippen LogP contribution in [0, 0.1) is 5.92 Å². The van der Waals surface area contributed by atoms with E-state index in [2.05, 4.69) is 0 Å². The van der Waals surface area contributed by atoms with E-state index < -0.39 is 0 Å². The van der Waals surface area contributed by atoms with E-state index >= 15 is 0 Å². The zero-order valence-electron chi connectivity index (χ0n) is 11.8. The van der Waals surface area contributed by atoms with Gasteiger partial charge in [0, 0.05) is 32.1 Å². The van der Waals surface area contributed by atoms with Gasteiger partial charge in [-0.3, -0.25) is 9.59 Å². The van der Waals surface area contributed by atoms with Crippen LogP contribution in [0.2, 0.25) is 0 Å². The molecule has 2 fully saturated rings. The zero-order valence-corrected chi connectivity index (χ0v) is 11.8. The molecule has 2 aliphatic heterocycles. The largest absolute Gasteiger partial charge is 0.341 e. The summed E-state index contributed by atoms with van der Waals surface area (Å²) < 4.78 is 0. The topological polar surface area (TPSA) is 66.6 Å². The maximum atomic E-state index is 12.2. The van der Waals surface area contributed by atoms with Crippen molar-refractivity contribution in [1.29, 1.82) is 0 Å². The third kappa shape index (κ3) is 3.69. The minimum atomic E-state index is 0.0957. The minimum Gasteiger partial charge on any atom is -0.341 e. The number of hydrogen-bond acceptors (Lipinski definition) is 3. The summed E-state index contributed by atoms with van der Waals surface area (Å²) in [6.45, 7) is 4.61. The summed E-state index contributed by atoms with van der Waals surface area (Å²) in [5.74, 6) is 0.754. The molecular weight excluding hydrogens is 242 g/mol. The minimum absolute atomic E-state index is 0.0957. The van der Waals surface area contributed by atoms with Crippen molar-refractivity contribution in [3.63, 3.8) is 0 Å². The Labute approximate surface area is 115 Å². The number of carbonyl (C=O) groups is 2. The Bertz CT molecular complexity index is 336. The first-order valence-electron chi connectivity index (χ1n) is 7.39. The molecule has 2 saturated heterocycles. The van der Waals surface area contributed by atoms with Crippen LogP contribution in [-0.2, 0) is 9.59 Å². The number of hydrogen-bond donors (Lipinski definition) is 1. The summed E-state index contributed by atoms with van der Waals surface area (Å²) in [6, 6.07) is 0.209. The second kappa shape index (κ2) is 6.37. The molecule has 2 N–H and O–H groups in total. The van der Waals surface area contributed by atoms with Crippen LogP contribution in [0.5, 0.6) is 0 Å². The van der Waals surface area contributed by atoms with Crippen molar-refractivity contribution < 1.29 is 9.59 Å². The van der Waals surface area contributed by atoms with Gasteiger partial charge < -0.3 is 15.5 Å². The van der Waals surface area contributed by atoms with Crippen LogP contribution in [0.25, 0.3) is 0 Å². The maximum Gasteiger partial charge on any atom is 0.242 e. The lowest BCUT2D eigenvalue weighted by Gasteiger charge is -2.35. The highest BCUT2D eigenvalue weighted by atomic mass is 16.2. The van der Waals surface area contributed by atoms with E-state index in [1.54, 1.807) is 4.90 Å². The average Bonchev–Trinajstić information content (AvgIpc) is 2.41. The third-order valence-corrected chi connectivity index (χ3v) is 4.38. The van der Waals surface area contributed by atoms with E-state index in [0.29, 0.717) is 12.3 Å². The summed E-state index contributed by atoms with van der Waals surface area (Å²) in [6.07, 6.45) is 4.55. The van der Waals surface area contributed by atoms with Crippen LogP contribution in [0.3, 0.4) is 0 Å². The van der Waals surface area contributed by atoms with Crippen LogP contribution in [-0.4, -0.2) is 53.8 Å². The van der Waals surface area contributed by atoms with Crippen molar-refractivity contribution in [2.24, 2.45) is 11.7 Å². The molecule has 2 aliphatic rings. The van der Waals surface area contributed by atoms with E-state index in [0.717, 1.165) is 45.3 Å². The van der Waals surface area contributed by atoms with Gasteiger partial charge in [0.1, 0.15) is 0 Å². The van der Waals surface area contributed by atoms with Gasteiger partial charge in [0.2, 0.25) is 11.8 Å². The molecule has 0 aliphatic carbocycles. The molecule has 0 radical (unpaired) electrons. The van der Waals surface area contributed by atoms with Crippen molar-refractivity contribution in [3.05, 3.63) is 0 Å². The van der Waals surface area contributed by atoms with Crippen molar-refractivity contribution in [1.82, 2.24) is 9.80 Å². The summed E-state index contributed by atoms with van der Waals surface area (Å²) in [4.78, 5) is 27.5. The number of nitrogens with zero attached hydrogens (tertiary/aromatic N) is 2. The maximum absolute atomic E-state index is 12.2. The Balaban J connectivity index is 1.79. The molecular formula is C14H25N3O2. The van der Waals surface area contributed by atoms with Gasteiger partial charge in [0.05, 0.1) is 6.54 Å². The molecule has 0 bridgehead atoms. The Morgan fingerprint density at radius 1 is 1.32 bits per heavy atom. The van der Waals surface area contributed by atoms with Crippen LogP contribution in [0.4, 0.5) is 0 Å². The first kappa shape index (κ1) is 14.3. The van der Waals surface area contributed by atoms with Gasteiger partial charge in [-0.2, -0.15) is 0 Å². The van der Waals surface area contributed by atoms with Gasteiger partial charge in [0.15, 0.2) is 0 Å². The highest BCUT2D eigenvalue weighted by Gasteiger charge is 2.27. The zero-order chi connectivity index (χ0) is 13.8. The van der Waals surface area contributed by atoms with E-state index in [-0.39, 0.29) is 24.4 Å². The van der Waals surface area contributed by atoms with Gasteiger partial charge in [0.25, 0.3) is 0 Å². The highest BCUT2D eigenvalue weighted by molar-refractivity contribution is 5.85. The summed E-state index contributed by atoms with van der Waals surface area (Å²) in [7, 11) is 0. The van der Waals surface area contributed by atoms with Gasteiger partial charge >= 0.3 is 0 Å². The van der Waals surface area contributed by atoms with E-state index in [9.17, 15) is 9.59 Å². The predicted molar refractivity (Wildman–Crippen MR) is 73.4 cm³/mol. The second-order valence-electron chi connectivity index (χ2n) is 5.85. The Kier molecular flexibility index (Phi) is 4.80. The highest BCUT2D eigenvalue weighted by Crippen LogP contribution is 2.20. The smallest absolute Gasteiger partial charge is 0.242 e. The molecule has 108 valence electrons. The fourth-order valence-electron chi connectivity index (χ4n) is 2.97. The lowest BCUT2D eigenvalue weighted by Crippen LogP contribution is -2.48. The summed E-state index contributed by atoms with van der Waals surface area (Å²) >= 11 is 0. The molecule has 1 atom stereocenters. The second-order valence-corrected chi connectivity index (χ2v) is 5.85. The Morgan fingerprint density at radius 2 is 2.00 bits per heavy atom. The van der Waals surface area contributed by atoms with Gasteiger partial charge in [-0.25, -0.2) is 0 Å². The molecule has 2 heterocycles. The molecule has 0 spiro atoms. The molecule has 2 amide bonds. The molecule has 5 nitrogen and oxygen atoms in total. The molecule has 5 heteroatoms. The van der Waals surface area contributed by atoms with Gasteiger partial charge in [-0.15, -0.1) is 0 Å². The quantitative estimate of drug-likeness (QED) is 0.813. The summed E-state index contributed by atoms with van der Waals surface area (Å²) in [5.41, 5.74) is 5.90. The molecule has 0 aromatic heterocycles.